The molecule has 1 saturated heterocycles. The molecule has 0 radical (unpaired) electrons. The number of Topliss-reactive ketones (excluding diaryl/α,β-unsaturated/α-hetero) is 1. The van der Waals surface area contributed by atoms with Gasteiger partial charge in [0.2, 0.25) is 0 Å². The quantitative estimate of drug-likeness (QED) is 0.416. The summed E-state index contributed by atoms with van der Waals surface area (Å²) in [6, 6.07) is 0. The average molecular weight is 472 g/mol. The van der Waals surface area contributed by atoms with E-state index in [9.17, 15) is 9.59 Å². The first-order valence-corrected chi connectivity index (χ1v) is 13.9. The number of ether oxygens (including phenoxy) is 2. The molecule has 0 spiro atoms. The molecule has 3 saturated carbocycles. The molecule has 0 aromatic heterocycles. The minimum atomic E-state index is -0.0435. The van der Waals surface area contributed by atoms with Crippen molar-refractivity contribution in [3.8, 4) is 0 Å². The van der Waals surface area contributed by atoms with Gasteiger partial charge in [0.1, 0.15) is 11.9 Å². The van der Waals surface area contributed by atoms with Gasteiger partial charge in [-0.25, -0.2) is 0 Å². The van der Waals surface area contributed by atoms with Crippen LogP contribution in [0.15, 0.2) is 11.6 Å². The minimum Gasteiger partial charge on any atom is -0.462 e. The van der Waals surface area contributed by atoms with Crippen LogP contribution in [0.4, 0.5) is 0 Å². The topological polar surface area (TPSA) is 55.8 Å². The second-order valence-electron chi connectivity index (χ2n) is 12.7. The van der Waals surface area contributed by atoms with Crippen molar-refractivity contribution in [2.24, 2.45) is 40.4 Å². The van der Waals surface area contributed by atoms with Gasteiger partial charge in [0, 0.05) is 32.0 Å². The standard InChI is InChI=1S/C29H45NO4/c1-19-17-25-23-6-5-21-18-22(34-26(32)9-12-30-13-15-33-16-14-30)7-10-28(21,3)24(23)8-11-29(25,4)27(19)20(2)31/h5,19,22-25,27H,6-18H2,1-4H3/t19-,22+,23-,24+,25-,27+,28+,29+/m1/s1. The number of rotatable bonds is 5. The van der Waals surface area contributed by atoms with Crippen LogP contribution in [-0.2, 0) is 19.1 Å². The number of allylic oxidation sites excluding steroid dienone is 1. The Kier molecular flexibility index (Phi) is 6.74. The normalized spacial score (nSPS) is 44.4. The third-order valence-electron chi connectivity index (χ3n) is 10.9. The lowest BCUT2D eigenvalue weighted by Gasteiger charge is -2.58. The van der Waals surface area contributed by atoms with E-state index < -0.39 is 0 Å². The van der Waals surface area contributed by atoms with Crippen molar-refractivity contribution in [2.45, 2.75) is 85.2 Å². The van der Waals surface area contributed by atoms with Crippen molar-refractivity contribution in [1.82, 2.24) is 4.90 Å². The van der Waals surface area contributed by atoms with Gasteiger partial charge in [-0.2, -0.15) is 0 Å². The molecule has 0 unspecified atom stereocenters. The zero-order valence-corrected chi connectivity index (χ0v) is 21.8. The van der Waals surface area contributed by atoms with Crippen molar-refractivity contribution in [3.05, 3.63) is 11.6 Å². The third-order valence-corrected chi connectivity index (χ3v) is 10.9. The van der Waals surface area contributed by atoms with E-state index in [1.54, 1.807) is 5.57 Å². The van der Waals surface area contributed by atoms with Crippen LogP contribution < -0.4 is 0 Å². The summed E-state index contributed by atoms with van der Waals surface area (Å²) >= 11 is 0. The smallest absolute Gasteiger partial charge is 0.307 e. The molecule has 0 amide bonds. The van der Waals surface area contributed by atoms with Crippen molar-refractivity contribution in [2.75, 3.05) is 32.8 Å². The van der Waals surface area contributed by atoms with Crippen LogP contribution in [0.25, 0.3) is 0 Å². The van der Waals surface area contributed by atoms with Crippen LogP contribution in [-0.4, -0.2) is 55.6 Å². The van der Waals surface area contributed by atoms with Crippen LogP contribution in [0.3, 0.4) is 0 Å². The molecule has 0 bridgehead atoms. The van der Waals surface area contributed by atoms with Gasteiger partial charge >= 0.3 is 5.97 Å². The van der Waals surface area contributed by atoms with Gasteiger partial charge in [-0.1, -0.05) is 32.4 Å². The predicted octanol–water partition coefficient (Wildman–Crippen LogP) is 5.03. The van der Waals surface area contributed by atoms with Gasteiger partial charge in [0.05, 0.1) is 19.6 Å². The fourth-order valence-electron chi connectivity index (χ4n) is 9.28. The second kappa shape index (κ2) is 9.35. The lowest BCUT2D eigenvalue weighted by molar-refractivity contribution is -0.152. The first-order chi connectivity index (χ1) is 16.2. The molecule has 0 aromatic rings. The highest BCUT2D eigenvalue weighted by atomic mass is 16.5. The maximum absolute atomic E-state index is 12.6. The maximum atomic E-state index is 12.6. The first kappa shape index (κ1) is 24.5. The maximum Gasteiger partial charge on any atom is 0.307 e. The van der Waals surface area contributed by atoms with Gasteiger partial charge in [-0.15, -0.1) is 0 Å². The summed E-state index contributed by atoms with van der Waals surface area (Å²) in [4.78, 5) is 27.4. The Balaban J connectivity index is 1.22. The van der Waals surface area contributed by atoms with Crippen molar-refractivity contribution < 1.29 is 19.1 Å². The van der Waals surface area contributed by atoms with Crippen LogP contribution in [0.5, 0.6) is 0 Å². The van der Waals surface area contributed by atoms with E-state index in [4.69, 9.17) is 9.47 Å². The van der Waals surface area contributed by atoms with Gasteiger partial charge < -0.3 is 9.47 Å². The summed E-state index contributed by atoms with van der Waals surface area (Å²) in [6.45, 7) is 13.2. The molecule has 34 heavy (non-hydrogen) atoms. The number of esters is 1. The lowest BCUT2D eigenvalue weighted by Crippen LogP contribution is -2.51. The van der Waals surface area contributed by atoms with Crippen molar-refractivity contribution in [1.29, 1.82) is 0 Å². The number of hydrogen-bond acceptors (Lipinski definition) is 5. The zero-order chi connectivity index (χ0) is 24.1. The summed E-state index contributed by atoms with van der Waals surface area (Å²) in [6.07, 6.45) is 10.8. The Labute approximate surface area is 206 Å². The molecular formula is C29H45NO4. The SMILES string of the molecule is CC(=O)[C@@H]1[C@H](C)C[C@@H]2[C@@H]3CC=C4C[C@@H](OC(=O)CCN5CCOCC5)CC[C@]4(C)[C@H]3CC[C@@]21C. The van der Waals surface area contributed by atoms with E-state index in [2.05, 4.69) is 31.7 Å². The Morgan fingerprint density at radius 1 is 1.15 bits per heavy atom. The molecule has 8 atom stereocenters. The summed E-state index contributed by atoms with van der Waals surface area (Å²) in [7, 11) is 0. The molecule has 0 N–H and O–H groups in total. The van der Waals surface area contributed by atoms with Crippen molar-refractivity contribution in [3.63, 3.8) is 0 Å². The predicted molar refractivity (Wildman–Crippen MR) is 132 cm³/mol. The van der Waals surface area contributed by atoms with Crippen LogP contribution >= 0.6 is 0 Å². The van der Waals surface area contributed by atoms with Gasteiger partial charge in [0.25, 0.3) is 0 Å². The molecule has 1 aliphatic heterocycles. The summed E-state index contributed by atoms with van der Waals surface area (Å²) in [5.41, 5.74) is 1.96. The number of hydrogen-bond donors (Lipinski definition) is 0. The fraction of sp³-hybridized carbons (Fsp3) is 0.862. The molecule has 4 aliphatic carbocycles. The molecule has 0 aromatic carbocycles. The van der Waals surface area contributed by atoms with E-state index in [0.717, 1.165) is 58.5 Å². The molecular weight excluding hydrogens is 426 g/mol. The number of carbonyl (C=O) groups is 2. The second-order valence-corrected chi connectivity index (χ2v) is 12.7. The molecule has 5 heteroatoms. The summed E-state index contributed by atoms with van der Waals surface area (Å²) in [5, 5.41) is 0. The van der Waals surface area contributed by atoms with Crippen LogP contribution in [0, 0.1) is 40.4 Å². The summed E-state index contributed by atoms with van der Waals surface area (Å²) < 4.78 is 11.4. The number of ketones is 1. The molecule has 4 fully saturated rings. The molecule has 5 aliphatic rings. The minimum absolute atomic E-state index is 0.0375. The monoisotopic (exact) mass is 471 g/mol. The van der Waals surface area contributed by atoms with Crippen LogP contribution in [0.2, 0.25) is 0 Å². The lowest BCUT2D eigenvalue weighted by atomic mass is 9.47. The zero-order valence-electron chi connectivity index (χ0n) is 21.8. The molecule has 5 nitrogen and oxygen atoms in total. The van der Waals surface area contributed by atoms with E-state index in [0.29, 0.717) is 35.9 Å². The van der Waals surface area contributed by atoms with Gasteiger partial charge in [-0.05, 0) is 80.0 Å². The fourth-order valence-corrected chi connectivity index (χ4v) is 9.28. The van der Waals surface area contributed by atoms with Crippen LogP contribution in [0.1, 0.15) is 79.1 Å². The highest BCUT2D eigenvalue weighted by molar-refractivity contribution is 5.80. The Hall–Kier alpha value is -1.20. The van der Waals surface area contributed by atoms with Gasteiger partial charge in [0.15, 0.2) is 0 Å². The Bertz CT molecular complexity index is 832. The number of nitrogens with zero attached hydrogens (tertiary/aromatic N) is 1. The third kappa shape index (κ3) is 4.19. The highest BCUT2D eigenvalue weighted by Crippen LogP contribution is 2.67. The number of fused-ring (bicyclic) bond motifs is 5. The molecule has 190 valence electrons. The largest absolute Gasteiger partial charge is 0.462 e. The molecule has 1 heterocycles. The van der Waals surface area contributed by atoms with E-state index in [1.807, 2.05) is 6.92 Å². The highest BCUT2D eigenvalue weighted by Gasteiger charge is 2.61. The van der Waals surface area contributed by atoms with E-state index >= 15 is 0 Å². The Morgan fingerprint density at radius 2 is 1.91 bits per heavy atom. The first-order valence-electron chi connectivity index (χ1n) is 13.9. The molecule has 5 rings (SSSR count). The van der Waals surface area contributed by atoms with E-state index in [1.165, 1.54) is 19.3 Å². The number of morpholine rings is 1. The van der Waals surface area contributed by atoms with Crippen molar-refractivity contribution >= 4 is 11.8 Å². The Morgan fingerprint density at radius 3 is 2.65 bits per heavy atom. The number of carbonyl (C=O) groups excluding carboxylic acids is 2. The van der Waals surface area contributed by atoms with Gasteiger partial charge in [-0.3, -0.25) is 14.5 Å². The average Bonchev–Trinajstić information content (AvgIpc) is 3.08. The van der Waals surface area contributed by atoms with E-state index in [-0.39, 0.29) is 28.8 Å². The summed E-state index contributed by atoms with van der Waals surface area (Å²) in [5.74, 6) is 3.19.